The summed E-state index contributed by atoms with van der Waals surface area (Å²) >= 11 is 3.14. The molecule has 0 spiro atoms. The molecule has 3 heterocycles. The molecule has 3 aromatic rings. The minimum Gasteiger partial charge on any atom is -0.334 e. The molecular formula is C21H21N3O2S2. The van der Waals surface area contributed by atoms with Crippen LogP contribution < -0.4 is 5.32 Å². The summed E-state index contributed by atoms with van der Waals surface area (Å²) < 4.78 is 0. The molecule has 0 unspecified atom stereocenters. The Morgan fingerprint density at radius 3 is 2.75 bits per heavy atom. The number of fused-ring (bicyclic) bond motifs is 1. The number of aromatic nitrogens is 1. The summed E-state index contributed by atoms with van der Waals surface area (Å²) in [7, 11) is 0. The zero-order valence-electron chi connectivity index (χ0n) is 16.0. The molecule has 1 aliphatic rings. The van der Waals surface area contributed by atoms with Crippen molar-refractivity contribution in [3.8, 4) is 0 Å². The quantitative estimate of drug-likeness (QED) is 0.686. The smallest absolute Gasteiger partial charge is 0.267 e. The van der Waals surface area contributed by atoms with Gasteiger partial charge in [-0.05, 0) is 61.9 Å². The minimum absolute atomic E-state index is 0.00950. The number of rotatable bonds is 3. The molecule has 0 atom stereocenters. The molecule has 0 saturated carbocycles. The molecule has 0 aliphatic carbocycles. The number of benzene rings is 1. The first kappa shape index (κ1) is 18.8. The molecule has 2 aromatic heterocycles. The molecular weight excluding hydrogens is 390 g/mol. The second kappa shape index (κ2) is 7.48. The first-order valence-electron chi connectivity index (χ1n) is 9.13. The van der Waals surface area contributed by atoms with Crippen LogP contribution in [0.4, 0.5) is 5.69 Å². The van der Waals surface area contributed by atoms with Gasteiger partial charge in [0.2, 0.25) is 0 Å². The van der Waals surface area contributed by atoms with E-state index in [1.807, 2.05) is 43.9 Å². The largest absolute Gasteiger partial charge is 0.334 e. The first-order chi connectivity index (χ1) is 13.4. The van der Waals surface area contributed by atoms with Gasteiger partial charge in [0.15, 0.2) is 0 Å². The van der Waals surface area contributed by atoms with Gasteiger partial charge < -0.3 is 10.2 Å². The fourth-order valence-electron chi connectivity index (χ4n) is 3.52. The predicted octanol–water partition coefficient (Wildman–Crippen LogP) is 4.58. The van der Waals surface area contributed by atoms with E-state index in [0.717, 1.165) is 29.2 Å². The van der Waals surface area contributed by atoms with Crippen LogP contribution in [0.15, 0.2) is 29.6 Å². The Labute approximate surface area is 172 Å². The van der Waals surface area contributed by atoms with E-state index in [4.69, 9.17) is 0 Å². The van der Waals surface area contributed by atoms with Crippen LogP contribution in [0.3, 0.4) is 0 Å². The van der Waals surface area contributed by atoms with E-state index in [-0.39, 0.29) is 11.8 Å². The van der Waals surface area contributed by atoms with Crippen LogP contribution in [0.25, 0.3) is 0 Å². The van der Waals surface area contributed by atoms with Crippen molar-refractivity contribution in [2.45, 2.75) is 33.7 Å². The second-order valence-electron chi connectivity index (χ2n) is 6.93. The Morgan fingerprint density at radius 2 is 2.00 bits per heavy atom. The first-order valence-corrected chi connectivity index (χ1v) is 10.8. The van der Waals surface area contributed by atoms with E-state index in [9.17, 15) is 9.59 Å². The molecule has 5 nitrogen and oxygen atoms in total. The lowest BCUT2D eigenvalue weighted by molar-refractivity contribution is 0.0735. The number of amides is 2. The zero-order chi connectivity index (χ0) is 19.8. The number of nitrogens with zero attached hydrogens (tertiary/aromatic N) is 2. The number of hydrogen-bond acceptors (Lipinski definition) is 5. The SMILES string of the molecule is Cc1nc(C)c(C(=O)Nc2cccc(C(=O)N3CCc4sccc4C3)c2C)s1. The van der Waals surface area contributed by atoms with Crippen LogP contribution >= 0.6 is 22.7 Å². The van der Waals surface area contributed by atoms with Gasteiger partial charge in [-0.15, -0.1) is 22.7 Å². The Morgan fingerprint density at radius 1 is 1.18 bits per heavy atom. The number of carbonyl (C=O) groups is 2. The number of carbonyl (C=O) groups excluding carboxylic acids is 2. The van der Waals surface area contributed by atoms with Crippen LogP contribution in [0.2, 0.25) is 0 Å². The maximum Gasteiger partial charge on any atom is 0.267 e. The molecule has 1 N–H and O–H groups in total. The third-order valence-electron chi connectivity index (χ3n) is 5.02. The molecule has 0 bridgehead atoms. The second-order valence-corrected chi connectivity index (χ2v) is 9.13. The maximum atomic E-state index is 13.1. The molecule has 0 fully saturated rings. The molecule has 0 saturated heterocycles. The Hall–Kier alpha value is -2.51. The van der Waals surface area contributed by atoms with E-state index < -0.39 is 0 Å². The highest BCUT2D eigenvalue weighted by Crippen LogP contribution is 2.27. The van der Waals surface area contributed by atoms with E-state index >= 15 is 0 Å². The monoisotopic (exact) mass is 411 g/mol. The number of aryl methyl sites for hydroxylation is 2. The Kier molecular flexibility index (Phi) is 5.03. The molecule has 0 radical (unpaired) electrons. The minimum atomic E-state index is -0.184. The van der Waals surface area contributed by atoms with Crippen molar-refractivity contribution in [1.82, 2.24) is 9.88 Å². The van der Waals surface area contributed by atoms with Crippen LogP contribution in [0.5, 0.6) is 0 Å². The van der Waals surface area contributed by atoms with Gasteiger partial charge in [-0.25, -0.2) is 4.98 Å². The van der Waals surface area contributed by atoms with E-state index in [2.05, 4.69) is 21.7 Å². The topological polar surface area (TPSA) is 62.3 Å². The highest BCUT2D eigenvalue weighted by atomic mass is 32.1. The fourth-order valence-corrected chi connectivity index (χ4v) is 5.22. The van der Waals surface area contributed by atoms with Crippen LogP contribution in [0.1, 0.15) is 46.7 Å². The van der Waals surface area contributed by atoms with Crippen molar-refractivity contribution in [3.63, 3.8) is 0 Å². The summed E-state index contributed by atoms with van der Waals surface area (Å²) in [6.45, 7) is 6.97. The van der Waals surface area contributed by atoms with Gasteiger partial charge in [0.05, 0.1) is 10.7 Å². The van der Waals surface area contributed by atoms with Crippen molar-refractivity contribution in [1.29, 1.82) is 0 Å². The lowest BCUT2D eigenvalue weighted by atomic mass is 10.0. The molecule has 1 aromatic carbocycles. The summed E-state index contributed by atoms with van der Waals surface area (Å²) in [4.78, 5) is 34.0. The summed E-state index contributed by atoms with van der Waals surface area (Å²) in [5.41, 5.74) is 4.05. The number of anilines is 1. The van der Waals surface area contributed by atoms with Crippen molar-refractivity contribution in [2.24, 2.45) is 0 Å². The number of thiophene rings is 1. The Balaban J connectivity index is 1.56. The van der Waals surface area contributed by atoms with Crippen molar-refractivity contribution >= 4 is 40.2 Å². The number of nitrogens with one attached hydrogen (secondary N) is 1. The lowest BCUT2D eigenvalue weighted by Crippen LogP contribution is -2.35. The van der Waals surface area contributed by atoms with Gasteiger partial charge >= 0.3 is 0 Å². The van der Waals surface area contributed by atoms with Gasteiger partial charge in [-0.2, -0.15) is 0 Å². The third-order valence-corrected chi connectivity index (χ3v) is 7.11. The molecule has 7 heteroatoms. The highest BCUT2D eigenvalue weighted by Gasteiger charge is 2.24. The van der Waals surface area contributed by atoms with Crippen molar-refractivity contribution in [2.75, 3.05) is 11.9 Å². The predicted molar refractivity (Wildman–Crippen MR) is 113 cm³/mol. The summed E-state index contributed by atoms with van der Waals surface area (Å²) in [5.74, 6) is -0.174. The highest BCUT2D eigenvalue weighted by molar-refractivity contribution is 7.13. The van der Waals surface area contributed by atoms with E-state index in [0.29, 0.717) is 22.7 Å². The third kappa shape index (κ3) is 3.47. The van der Waals surface area contributed by atoms with Gasteiger partial charge in [-0.3, -0.25) is 9.59 Å². The van der Waals surface area contributed by atoms with Crippen molar-refractivity contribution in [3.05, 3.63) is 66.8 Å². The lowest BCUT2D eigenvalue weighted by Gasteiger charge is -2.28. The van der Waals surface area contributed by atoms with Gasteiger partial charge in [0.25, 0.3) is 11.8 Å². The molecule has 2 amide bonds. The molecule has 4 rings (SSSR count). The molecule has 28 heavy (non-hydrogen) atoms. The Bertz CT molecular complexity index is 1070. The average molecular weight is 412 g/mol. The fraction of sp³-hybridized carbons (Fsp3) is 0.286. The normalized spacial score (nSPS) is 13.3. The molecule has 1 aliphatic heterocycles. The van der Waals surface area contributed by atoms with E-state index in [1.54, 1.807) is 11.3 Å². The summed E-state index contributed by atoms with van der Waals surface area (Å²) in [6.07, 6.45) is 0.901. The molecule has 144 valence electrons. The van der Waals surface area contributed by atoms with Crippen LogP contribution in [-0.4, -0.2) is 28.2 Å². The van der Waals surface area contributed by atoms with Crippen LogP contribution in [0, 0.1) is 20.8 Å². The van der Waals surface area contributed by atoms with Crippen LogP contribution in [-0.2, 0) is 13.0 Å². The van der Waals surface area contributed by atoms with Crippen molar-refractivity contribution < 1.29 is 9.59 Å². The van der Waals surface area contributed by atoms with Gasteiger partial charge in [0, 0.05) is 29.2 Å². The number of hydrogen-bond donors (Lipinski definition) is 1. The zero-order valence-corrected chi connectivity index (χ0v) is 17.7. The average Bonchev–Trinajstić information content (AvgIpc) is 3.27. The summed E-state index contributed by atoms with van der Waals surface area (Å²) in [6, 6.07) is 7.59. The summed E-state index contributed by atoms with van der Waals surface area (Å²) in [5, 5.41) is 5.90. The standard InChI is InChI=1S/C21H21N3O2S2/c1-12-16(21(26)24-9-7-18-15(11-24)8-10-27-18)5-4-6-17(12)23-20(25)19-13(2)22-14(3)28-19/h4-6,8,10H,7,9,11H2,1-3H3,(H,23,25). The van der Waals surface area contributed by atoms with Gasteiger partial charge in [-0.1, -0.05) is 6.07 Å². The van der Waals surface area contributed by atoms with E-state index in [1.165, 1.54) is 21.8 Å². The van der Waals surface area contributed by atoms with Gasteiger partial charge in [0.1, 0.15) is 4.88 Å². The number of thiazole rings is 1. The maximum absolute atomic E-state index is 13.1.